The average molecular weight is 526 g/mol. The van der Waals surface area contributed by atoms with Crippen molar-refractivity contribution in [3.63, 3.8) is 0 Å². The summed E-state index contributed by atoms with van der Waals surface area (Å²) in [6, 6.07) is 2.25. The third-order valence-electron chi connectivity index (χ3n) is 5.46. The van der Waals surface area contributed by atoms with Crippen LogP contribution in [0.5, 0.6) is 0 Å². The predicted molar refractivity (Wildman–Crippen MR) is 138 cm³/mol. The van der Waals surface area contributed by atoms with Gasteiger partial charge in [0.1, 0.15) is 23.1 Å². The first-order chi connectivity index (χ1) is 16.7. The zero-order valence-electron chi connectivity index (χ0n) is 22.5. The molecular formula is C25H40ClN5O5. The van der Waals surface area contributed by atoms with Crippen molar-refractivity contribution < 1.29 is 23.9 Å². The van der Waals surface area contributed by atoms with Crippen LogP contribution in [0.15, 0.2) is 12.1 Å². The van der Waals surface area contributed by atoms with Crippen molar-refractivity contribution in [2.24, 2.45) is 5.92 Å². The number of nitrogens with zero attached hydrogens (tertiary/aromatic N) is 4. The molecule has 2 heterocycles. The number of piperidine rings is 1. The quantitative estimate of drug-likeness (QED) is 0.488. The van der Waals surface area contributed by atoms with Crippen LogP contribution in [0, 0.1) is 5.92 Å². The number of rotatable bonds is 7. The van der Waals surface area contributed by atoms with Gasteiger partial charge in [-0.2, -0.15) is 4.90 Å². The third-order valence-corrected chi connectivity index (χ3v) is 5.67. The number of ether oxygens (including phenoxy) is 2. The maximum atomic E-state index is 13.7. The van der Waals surface area contributed by atoms with Gasteiger partial charge in [0.2, 0.25) is 5.91 Å². The van der Waals surface area contributed by atoms with E-state index >= 15 is 0 Å². The van der Waals surface area contributed by atoms with Gasteiger partial charge < -0.3 is 19.7 Å². The maximum Gasteiger partial charge on any atom is 0.420 e. The number of amides is 3. The predicted octanol–water partition coefficient (Wildman–Crippen LogP) is 5.12. The fourth-order valence-electron chi connectivity index (χ4n) is 3.68. The van der Waals surface area contributed by atoms with Crippen LogP contribution in [0.2, 0.25) is 5.15 Å². The van der Waals surface area contributed by atoms with Crippen molar-refractivity contribution in [3.8, 4) is 0 Å². The number of carbonyl (C=O) groups excluding carboxylic acids is 3. The van der Waals surface area contributed by atoms with E-state index in [1.807, 2.05) is 0 Å². The standard InChI is InChI=1S/C25H40ClN5O5/c1-17-12-15-30(16-13-17)21(32)18(9-8-14-27-20-11-10-19(26)28-29-20)31(22(33)35-24(2,3)4)23(34)36-25(5,6)7/h10-11,17-18H,8-9,12-16H2,1-7H3,(H,27,29). The molecule has 1 fully saturated rings. The molecule has 11 heteroatoms. The SMILES string of the molecule is CC1CCN(C(=O)C(CCCNc2ccc(Cl)nn2)N(C(=O)OC(C)(C)C)C(=O)OC(C)(C)C)CC1. The Morgan fingerprint density at radius 2 is 1.61 bits per heavy atom. The number of carbonyl (C=O) groups is 3. The van der Waals surface area contributed by atoms with Crippen molar-refractivity contribution in [2.45, 2.75) is 91.4 Å². The molecule has 1 aliphatic heterocycles. The van der Waals surface area contributed by atoms with Crippen LogP contribution in [-0.4, -0.2) is 75.0 Å². The summed E-state index contributed by atoms with van der Waals surface area (Å²) < 4.78 is 11.1. The fourth-order valence-corrected chi connectivity index (χ4v) is 3.78. The summed E-state index contributed by atoms with van der Waals surface area (Å²) >= 11 is 5.78. The summed E-state index contributed by atoms with van der Waals surface area (Å²) in [6.45, 7) is 14.0. The number of nitrogens with one attached hydrogen (secondary N) is 1. The maximum absolute atomic E-state index is 13.7. The zero-order chi connectivity index (χ0) is 27.1. The molecule has 0 spiro atoms. The Morgan fingerprint density at radius 1 is 1.06 bits per heavy atom. The monoisotopic (exact) mass is 525 g/mol. The van der Waals surface area contributed by atoms with Crippen molar-refractivity contribution in [3.05, 3.63) is 17.3 Å². The molecule has 0 saturated carbocycles. The summed E-state index contributed by atoms with van der Waals surface area (Å²) in [4.78, 5) is 42.7. The molecule has 202 valence electrons. The second-order valence-electron chi connectivity index (χ2n) is 11.2. The molecule has 3 amide bonds. The Labute approximate surface area is 219 Å². The molecule has 1 atom stereocenters. The van der Waals surface area contributed by atoms with Crippen LogP contribution >= 0.6 is 11.6 Å². The van der Waals surface area contributed by atoms with Crippen molar-refractivity contribution in [1.82, 2.24) is 20.0 Å². The molecule has 1 aromatic heterocycles. The van der Waals surface area contributed by atoms with E-state index in [1.54, 1.807) is 58.6 Å². The summed E-state index contributed by atoms with van der Waals surface area (Å²) in [6.07, 6.45) is 0.612. The van der Waals surface area contributed by atoms with Crippen LogP contribution in [0.1, 0.15) is 74.1 Å². The van der Waals surface area contributed by atoms with Crippen molar-refractivity contribution in [2.75, 3.05) is 25.0 Å². The zero-order valence-corrected chi connectivity index (χ0v) is 23.2. The number of imide groups is 1. The van der Waals surface area contributed by atoms with Gasteiger partial charge >= 0.3 is 12.2 Å². The van der Waals surface area contributed by atoms with Gasteiger partial charge in [-0.3, -0.25) is 4.79 Å². The number of halogens is 1. The molecule has 2 rings (SSSR count). The van der Waals surface area contributed by atoms with E-state index < -0.39 is 29.4 Å². The highest BCUT2D eigenvalue weighted by Crippen LogP contribution is 2.23. The Bertz CT molecular complexity index is 862. The number of hydrogen-bond donors (Lipinski definition) is 1. The molecule has 1 saturated heterocycles. The summed E-state index contributed by atoms with van der Waals surface area (Å²) in [5, 5.41) is 11.2. The minimum Gasteiger partial charge on any atom is -0.443 e. The first kappa shape index (κ1) is 29.6. The lowest BCUT2D eigenvalue weighted by molar-refractivity contribution is -0.138. The highest BCUT2D eigenvalue weighted by molar-refractivity contribution is 6.29. The fraction of sp³-hybridized carbons (Fsp3) is 0.720. The molecule has 0 aliphatic carbocycles. The Morgan fingerprint density at radius 3 is 2.08 bits per heavy atom. The van der Waals surface area contributed by atoms with Crippen LogP contribution in [0.3, 0.4) is 0 Å². The molecule has 0 bridgehead atoms. The van der Waals surface area contributed by atoms with E-state index in [1.165, 1.54) is 0 Å². The van der Waals surface area contributed by atoms with Gasteiger partial charge in [-0.05, 0) is 85.3 Å². The van der Waals surface area contributed by atoms with Crippen molar-refractivity contribution >= 4 is 35.5 Å². The topological polar surface area (TPSA) is 114 Å². The average Bonchev–Trinajstić information content (AvgIpc) is 2.74. The lowest BCUT2D eigenvalue weighted by Gasteiger charge is -2.37. The molecule has 1 unspecified atom stereocenters. The Hall–Kier alpha value is -2.62. The van der Waals surface area contributed by atoms with Gasteiger partial charge in [0.25, 0.3) is 0 Å². The van der Waals surface area contributed by atoms with Crippen molar-refractivity contribution in [1.29, 1.82) is 0 Å². The summed E-state index contributed by atoms with van der Waals surface area (Å²) in [5.41, 5.74) is -1.72. The Balaban J connectivity index is 2.27. The first-order valence-electron chi connectivity index (χ1n) is 12.4. The highest BCUT2D eigenvalue weighted by atomic mass is 35.5. The molecule has 10 nitrogen and oxygen atoms in total. The number of aromatic nitrogens is 2. The summed E-state index contributed by atoms with van der Waals surface area (Å²) in [5.74, 6) is 0.762. The second kappa shape index (κ2) is 12.6. The van der Waals surface area contributed by atoms with Gasteiger partial charge in [-0.25, -0.2) is 9.59 Å². The largest absolute Gasteiger partial charge is 0.443 e. The Kier molecular flexibility index (Phi) is 10.3. The second-order valence-corrected chi connectivity index (χ2v) is 11.6. The molecule has 0 radical (unpaired) electrons. The minimum absolute atomic E-state index is 0.220. The van der Waals surface area contributed by atoms with Gasteiger partial charge in [0, 0.05) is 19.6 Å². The summed E-state index contributed by atoms with van der Waals surface area (Å²) in [7, 11) is 0. The molecule has 36 heavy (non-hydrogen) atoms. The van der Waals surface area contributed by atoms with E-state index in [4.69, 9.17) is 21.1 Å². The van der Waals surface area contributed by atoms with E-state index in [0.29, 0.717) is 37.8 Å². The smallest absolute Gasteiger partial charge is 0.420 e. The molecule has 0 aromatic carbocycles. The van der Waals surface area contributed by atoms with Crippen LogP contribution < -0.4 is 5.32 Å². The minimum atomic E-state index is -1.07. The van der Waals surface area contributed by atoms with Gasteiger partial charge in [0.15, 0.2) is 5.15 Å². The third kappa shape index (κ3) is 9.79. The highest BCUT2D eigenvalue weighted by Gasteiger charge is 2.41. The van der Waals surface area contributed by atoms with Crippen LogP contribution in [-0.2, 0) is 14.3 Å². The molecule has 1 aromatic rings. The van der Waals surface area contributed by atoms with E-state index in [9.17, 15) is 14.4 Å². The van der Waals surface area contributed by atoms with Gasteiger partial charge in [0.05, 0.1) is 0 Å². The van der Waals surface area contributed by atoms with E-state index in [-0.39, 0.29) is 17.5 Å². The molecule has 1 N–H and O–H groups in total. The van der Waals surface area contributed by atoms with Crippen LogP contribution in [0.4, 0.5) is 15.4 Å². The number of likely N-dealkylation sites (tertiary alicyclic amines) is 1. The first-order valence-corrected chi connectivity index (χ1v) is 12.8. The van der Waals surface area contributed by atoms with Crippen LogP contribution in [0.25, 0.3) is 0 Å². The van der Waals surface area contributed by atoms with E-state index in [0.717, 1.165) is 17.7 Å². The van der Waals surface area contributed by atoms with Gasteiger partial charge in [-0.15, -0.1) is 10.2 Å². The molecule has 1 aliphatic rings. The number of anilines is 1. The number of hydrogen-bond acceptors (Lipinski definition) is 8. The van der Waals surface area contributed by atoms with E-state index in [2.05, 4.69) is 22.4 Å². The normalized spacial score (nSPS) is 15.7. The lowest BCUT2D eigenvalue weighted by Crippen LogP contribution is -2.56. The molecular weight excluding hydrogens is 486 g/mol. The van der Waals surface area contributed by atoms with Gasteiger partial charge in [-0.1, -0.05) is 18.5 Å². The lowest BCUT2D eigenvalue weighted by atomic mass is 9.98.